The van der Waals surface area contributed by atoms with Gasteiger partial charge in [0.1, 0.15) is 6.17 Å². The molecule has 0 aliphatic carbocycles. The van der Waals surface area contributed by atoms with Crippen LogP contribution in [0.1, 0.15) is 38.6 Å². The molecule has 1 aromatic heterocycles. The van der Waals surface area contributed by atoms with Gasteiger partial charge >= 0.3 is 0 Å². The fraction of sp³-hybridized carbons (Fsp3) is 0.429. The summed E-state index contributed by atoms with van der Waals surface area (Å²) in [6, 6.07) is 3.75. The van der Waals surface area contributed by atoms with Crippen molar-refractivity contribution in [2.24, 2.45) is 0 Å². The fourth-order valence-electron chi connectivity index (χ4n) is 1.96. The second-order valence-corrected chi connectivity index (χ2v) is 4.33. The Kier molecular flexibility index (Phi) is 3.67. The molecule has 2 heterocycles. The maximum absolute atomic E-state index is 13.2. The first-order valence-electron chi connectivity index (χ1n) is 6.10. The summed E-state index contributed by atoms with van der Waals surface area (Å²) in [7, 11) is 0. The van der Waals surface area contributed by atoms with Gasteiger partial charge in [0.05, 0.1) is 5.69 Å². The molecule has 1 atom stereocenters. The number of allylic oxidation sites excluding steroid dienone is 1. The summed E-state index contributed by atoms with van der Waals surface area (Å²) >= 11 is 0. The van der Waals surface area contributed by atoms with Crippen LogP contribution in [0, 0.1) is 0 Å². The number of halogens is 1. The third-order valence-corrected chi connectivity index (χ3v) is 3.12. The van der Waals surface area contributed by atoms with Crippen LogP contribution in [0.2, 0.25) is 0 Å². The molecule has 1 aliphatic rings. The second-order valence-electron chi connectivity index (χ2n) is 4.33. The highest BCUT2D eigenvalue weighted by Gasteiger charge is 2.15. The highest BCUT2D eigenvalue weighted by atomic mass is 19.1. The zero-order valence-corrected chi connectivity index (χ0v) is 10.4. The minimum absolute atomic E-state index is 0.501. The summed E-state index contributed by atoms with van der Waals surface area (Å²) in [6.07, 6.45) is 7.07. The number of hydrogen-bond acceptors (Lipinski definition) is 1. The molecule has 0 saturated carbocycles. The molecule has 3 heteroatoms. The fourth-order valence-corrected chi connectivity index (χ4v) is 1.96. The van der Waals surface area contributed by atoms with Crippen molar-refractivity contribution >= 4 is 11.9 Å². The zero-order valence-electron chi connectivity index (χ0n) is 10.4. The SMILES string of the molecule is CCC1=CC=[N+](c2ccnc(C(C)F)c2)CC1. The van der Waals surface area contributed by atoms with Crippen molar-refractivity contribution in [3.05, 3.63) is 35.7 Å². The lowest BCUT2D eigenvalue weighted by molar-refractivity contribution is -0.435. The van der Waals surface area contributed by atoms with Crippen LogP contribution in [0.3, 0.4) is 0 Å². The highest BCUT2D eigenvalue weighted by molar-refractivity contribution is 5.69. The minimum atomic E-state index is -1.01. The van der Waals surface area contributed by atoms with Crippen molar-refractivity contribution < 1.29 is 8.97 Å². The number of pyridine rings is 1. The summed E-state index contributed by atoms with van der Waals surface area (Å²) in [5.41, 5.74) is 2.99. The first kappa shape index (κ1) is 12.0. The molecule has 2 rings (SSSR count). The van der Waals surface area contributed by atoms with E-state index < -0.39 is 6.17 Å². The quantitative estimate of drug-likeness (QED) is 0.729. The van der Waals surface area contributed by atoms with Crippen molar-refractivity contribution in [2.75, 3.05) is 6.54 Å². The van der Waals surface area contributed by atoms with E-state index in [2.05, 4.69) is 28.8 Å². The summed E-state index contributed by atoms with van der Waals surface area (Å²) in [6.45, 7) is 4.65. The van der Waals surface area contributed by atoms with Crippen LogP contribution in [-0.4, -0.2) is 22.3 Å². The molecule has 2 nitrogen and oxygen atoms in total. The lowest BCUT2D eigenvalue weighted by Crippen LogP contribution is -2.13. The number of aromatic nitrogens is 1. The Bertz CT molecular complexity index is 461. The Morgan fingerprint density at radius 2 is 2.35 bits per heavy atom. The van der Waals surface area contributed by atoms with Crippen LogP contribution in [-0.2, 0) is 0 Å². The Morgan fingerprint density at radius 1 is 1.53 bits per heavy atom. The lowest BCUT2D eigenvalue weighted by Gasteiger charge is -2.09. The van der Waals surface area contributed by atoms with Gasteiger partial charge in [-0.15, -0.1) is 0 Å². The van der Waals surface area contributed by atoms with Crippen LogP contribution in [0.15, 0.2) is 30.0 Å². The van der Waals surface area contributed by atoms with E-state index in [4.69, 9.17) is 0 Å². The van der Waals surface area contributed by atoms with E-state index in [9.17, 15) is 4.39 Å². The number of alkyl halides is 1. The van der Waals surface area contributed by atoms with E-state index in [1.807, 2.05) is 12.1 Å². The molecule has 0 fully saturated rings. The molecule has 0 amide bonds. The maximum Gasteiger partial charge on any atom is 0.208 e. The van der Waals surface area contributed by atoms with E-state index in [-0.39, 0.29) is 0 Å². The third kappa shape index (κ3) is 2.78. The molecule has 0 bridgehead atoms. The molecule has 1 unspecified atom stereocenters. The monoisotopic (exact) mass is 233 g/mol. The predicted molar refractivity (Wildman–Crippen MR) is 67.6 cm³/mol. The first-order chi connectivity index (χ1) is 8.20. The van der Waals surface area contributed by atoms with E-state index in [1.54, 1.807) is 6.20 Å². The van der Waals surface area contributed by atoms with Crippen molar-refractivity contribution in [3.63, 3.8) is 0 Å². The summed E-state index contributed by atoms with van der Waals surface area (Å²) in [4.78, 5) is 4.03. The smallest absolute Gasteiger partial charge is 0.208 e. The minimum Gasteiger partial charge on any atom is -0.258 e. The average molecular weight is 233 g/mol. The molecular formula is C14H18FN2+. The molecule has 90 valence electrons. The normalized spacial score (nSPS) is 17.4. The maximum atomic E-state index is 13.2. The Labute approximate surface area is 102 Å². The van der Waals surface area contributed by atoms with Gasteiger partial charge in [0.2, 0.25) is 5.69 Å². The van der Waals surface area contributed by atoms with Gasteiger partial charge in [-0.25, -0.2) is 4.39 Å². The molecular weight excluding hydrogens is 215 g/mol. The largest absolute Gasteiger partial charge is 0.258 e. The number of nitrogens with zero attached hydrogens (tertiary/aromatic N) is 2. The molecule has 0 aromatic carbocycles. The molecule has 17 heavy (non-hydrogen) atoms. The molecule has 1 aliphatic heterocycles. The van der Waals surface area contributed by atoms with Crippen molar-refractivity contribution in [3.8, 4) is 0 Å². The second kappa shape index (κ2) is 5.21. The Balaban J connectivity index is 2.26. The zero-order chi connectivity index (χ0) is 12.3. The van der Waals surface area contributed by atoms with E-state index in [0.29, 0.717) is 5.69 Å². The van der Waals surface area contributed by atoms with Gasteiger partial charge in [0.15, 0.2) is 12.8 Å². The van der Waals surface area contributed by atoms with Gasteiger partial charge in [0, 0.05) is 30.8 Å². The summed E-state index contributed by atoms with van der Waals surface area (Å²) in [5, 5.41) is 0. The van der Waals surface area contributed by atoms with Crippen LogP contribution in [0.4, 0.5) is 10.1 Å². The average Bonchev–Trinajstić information content (AvgIpc) is 2.39. The van der Waals surface area contributed by atoms with Crippen molar-refractivity contribution in [2.45, 2.75) is 32.9 Å². The molecule has 1 aromatic rings. The highest BCUT2D eigenvalue weighted by Crippen LogP contribution is 2.21. The predicted octanol–water partition coefficient (Wildman–Crippen LogP) is 3.57. The van der Waals surface area contributed by atoms with Gasteiger partial charge in [-0.05, 0) is 13.3 Å². The van der Waals surface area contributed by atoms with Crippen LogP contribution >= 0.6 is 0 Å². The van der Waals surface area contributed by atoms with Crippen LogP contribution in [0.25, 0.3) is 0 Å². The molecule has 0 spiro atoms. The van der Waals surface area contributed by atoms with Gasteiger partial charge in [-0.3, -0.25) is 4.98 Å². The third-order valence-electron chi connectivity index (χ3n) is 3.12. The number of hydrogen-bond donors (Lipinski definition) is 0. The molecule has 0 saturated heterocycles. The Morgan fingerprint density at radius 3 is 2.94 bits per heavy atom. The summed E-state index contributed by atoms with van der Waals surface area (Å²) in [5.74, 6) is 0. The van der Waals surface area contributed by atoms with Crippen molar-refractivity contribution in [1.82, 2.24) is 4.98 Å². The van der Waals surface area contributed by atoms with Gasteiger partial charge in [-0.1, -0.05) is 12.5 Å². The first-order valence-corrected chi connectivity index (χ1v) is 6.10. The molecule has 0 radical (unpaired) electrons. The Hall–Kier alpha value is -1.51. The van der Waals surface area contributed by atoms with Gasteiger partial charge in [-0.2, -0.15) is 4.58 Å². The van der Waals surface area contributed by atoms with Gasteiger partial charge < -0.3 is 0 Å². The van der Waals surface area contributed by atoms with Crippen molar-refractivity contribution in [1.29, 1.82) is 0 Å². The molecule has 0 N–H and O–H groups in total. The van der Waals surface area contributed by atoms with Gasteiger partial charge in [0.25, 0.3) is 0 Å². The topological polar surface area (TPSA) is 15.9 Å². The lowest BCUT2D eigenvalue weighted by atomic mass is 10.1. The van der Waals surface area contributed by atoms with E-state index >= 15 is 0 Å². The van der Waals surface area contributed by atoms with Crippen LogP contribution < -0.4 is 0 Å². The van der Waals surface area contributed by atoms with Crippen LogP contribution in [0.5, 0.6) is 0 Å². The standard InChI is InChI=1S/C14H18FN2/c1-3-12-5-8-17(9-6-12)13-4-7-16-14(10-13)11(2)15/h4-5,7-8,10-11H,3,6,9H2,1-2H3/q+1. The van der Waals surface area contributed by atoms with E-state index in [1.165, 1.54) is 12.5 Å². The number of rotatable bonds is 3. The summed E-state index contributed by atoms with van der Waals surface area (Å²) < 4.78 is 15.3. The van der Waals surface area contributed by atoms with E-state index in [0.717, 1.165) is 25.1 Å².